The number of sulfone groups is 3. The molecule has 14 rings (SSSR count). The molecule has 0 aliphatic carbocycles. The first-order valence-corrected chi connectivity index (χ1v) is 52.9. The number of amides is 5. The first-order valence-electron chi connectivity index (χ1n) is 44.5. The maximum absolute atomic E-state index is 13.8. The van der Waals surface area contributed by atoms with Crippen LogP contribution in [0.5, 0.6) is 0 Å². The van der Waals surface area contributed by atoms with Crippen LogP contribution in [0.1, 0.15) is 125 Å². The van der Waals surface area contributed by atoms with Crippen LogP contribution in [0.25, 0.3) is 33.4 Å². The molecule has 4 aliphatic rings. The molecule has 698 valence electrons. The van der Waals surface area contributed by atoms with E-state index in [2.05, 4.69) is 35.1 Å². The summed E-state index contributed by atoms with van der Waals surface area (Å²) in [4.78, 5) is 105. The molecule has 10 aromatic rings. The number of aliphatic hydroxyl groups is 1. The number of rotatable bonds is 28. The number of halogens is 3. The summed E-state index contributed by atoms with van der Waals surface area (Å²) in [6, 6.07) is 74.4. The quantitative estimate of drug-likeness (QED) is 0.0211. The predicted octanol–water partition coefficient (Wildman–Crippen LogP) is 11.6. The first-order chi connectivity index (χ1) is 63.0. The van der Waals surface area contributed by atoms with E-state index < -0.39 is 104 Å². The molecule has 0 spiro atoms. The lowest BCUT2D eigenvalue weighted by atomic mass is 10.00. The number of aliphatic carboxylic acids is 1. The van der Waals surface area contributed by atoms with Gasteiger partial charge in [0, 0.05) is 77.2 Å². The molecule has 0 aromatic heterocycles. The highest BCUT2D eigenvalue weighted by atomic mass is 32.2. The molecular formula is C100H119F3N6O17S3Si2. The van der Waals surface area contributed by atoms with Crippen LogP contribution in [0.3, 0.4) is 0 Å². The zero-order valence-electron chi connectivity index (χ0n) is 75.5. The van der Waals surface area contributed by atoms with Crippen molar-refractivity contribution in [3.63, 3.8) is 0 Å². The van der Waals surface area contributed by atoms with E-state index in [4.69, 9.17) is 6.11 Å². The van der Waals surface area contributed by atoms with Crippen molar-refractivity contribution >= 4 is 102 Å². The van der Waals surface area contributed by atoms with Crippen LogP contribution in [-0.2, 0) is 48.6 Å². The minimum Gasteiger partial charge on any atom is -0.480 e. The van der Waals surface area contributed by atoms with Gasteiger partial charge < -0.3 is 55.6 Å². The second-order valence-corrected chi connectivity index (χ2v) is 48.6. The van der Waals surface area contributed by atoms with Crippen molar-refractivity contribution in [3.05, 3.63) is 301 Å². The minimum absolute atomic E-state index is 0.0293. The summed E-state index contributed by atoms with van der Waals surface area (Å²) in [5.41, 5.74) is 5.91. The highest BCUT2D eigenvalue weighted by Gasteiger charge is 2.51. The predicted molar refractivity (Wildman–Crippen MR) is 513 cm³/mol. The van der Waals surface area contributed by atoms with Crippen LogP contribution in [0.4, 0.5) is 13.2 Å². The normalized spacial score (nSPS) is 15.9. The number of hydrogen-bond acceptors (Lipinski definition) is 17. The SMILES string of the molecule is C1CCOC1.CC(C)(CCC[C@H](NC(=O)c1ccc(-c2ccc(F)cc2)cc1)C(=O)N1CCS(=O)(=O)CC1)[Si](O)(c1ccccc1)c1ccccc1.CC(C)(CCC[C@H](NC(=O)c1ccc(-c2ccc(F)cc2)cc1)C(=O)O)[Si](O)(c1ccccc1)c1ccccc1.O=C(N[C@@H](CCO)C(=O)N1CCS(=O)(=O)CC1)c1ccc(-c2ccc(F)cc2)cc1.O=S1(=O)CCNCC1.[2H]C. The van der Waals surface area contributed by atoms with Crippen molar-refractivity contribution in [2.24, 2.45) is 0 Å². The Kier molecular flexibility index (Phi) is 37.6. The molecule has 8 N–H and O–H groups in total. The fourth-order valence-electron chi connectivity index (χ4n) is 16.0. The van der Waals surface area contributed by atoms with Crippen molar-refractivity contribution in [2.45, 2.75) is 121 Å². The van der Waals surface area contributed by atoms with E-state index in [0.717, 1.165) is 67.3 Å². The lowest BCUT2D eigenvalue weighted by Gasteiger charge is -2.41. The Morgan fingerprint density at radius 1 is 0.405 bits per heavy atom. The number of carboxylic acids is 1. The molecule has 0 saturated carbocycles. The average molecular weight is 1890 g/mol. The van der Waals surface area contributed by atoms with E-state index in [0.29, 0.717) is 73.4 Å². The van der Waals surface area contributed by atoms with E-state index in [1.165, 1.54) is 66.4 Å². The number of carbonyl (C=O) groups is 6. The molecule has 131 heavy (non-hydrogen) atoms. The monoisotopic (exact) mass is 1890 g/mol. The highest BCUT2D eigenvalue weighted by Crippen LogP contribution is 2.42. The Hall–Kier alpha value is -11.1. The zero-order valence-corrected chi connectivity index (χ0v) is 78.9. The maximum Gasteiger partial charge on any atom is 0.326 e. The summed E-state index contributed by atoms with van der Waals surface area (Å²) in [6.45, 7) is 11.5. The minimum atomic E-state index is -3.27. The summed E-state index contributed by atoms with van der Waals surface area (Å²) >= 11 is 0. The Labute approximate surface area is 770 Å². The molecule has 0 bridgehead atoms. The van der Waals surface area contributed by atoms with Crippen molar-refractivity contribution < 1.29 is 93.1 Å². The first kappa shape index (κ1) is 102. The number of carbonyl (C=O) groups excluding carboxylic acids is 5. The van der Waals surface area contributed by atoms with Gasteiger partial charge in [0.1, 0.15) is 35.6 Å². The van der Waals surface area contributed by atoms with Crippen molar-refractivity contribution in [1.29, 1.82) is 0 Å². The van der Waals surface area contributed by atoms with Gasteiger partial charge in [-0.15, -0.1) is 0 Å². The Balaban J connectivity index is 0.000000209. The summed E-state index contributed by atoms with van der Waals surface area (Å²) in [6.07, 6.45) is 5.33. The third-order valence-corrected chi connectivity index (χ3v) is 37.8. The van der Waals surface area contributed by atoms with E-state index in [9.17, 15) is 87.0 Å². The number of benzene rings is 10. The topological polar surface area (TPSA) is 350 Å². The molecule has 4 saturated heterocycles. The Morgan fingerprint density at radius 2 is 0.656 bits per heavy atom. The summed E-state index contributed by atoms with van der Waals surface area (Å²) in [5.74, 6) is -3.99. The number of carboxylic acid groups (broad SMARTS) is 1. The molecule has 4 heterocycles. The smallest absolute Gasteiger partial charge is 0.326 e. The van der Waals surface area contributed by atoms with Crippen molar-refractivity contribution in [2.75, 3.05) is 93.6 Å². The van der Waals surface area contributed by atoms with Crippen LogP contribution in [0.2, 0.25) is 10.1 Å². The van der Waals surface area contributed by atoms with Gasteiger partial charge in [-0.1, -0.05) is 242 Å². The van der Waals surface area contributed by atoms with Gasteiger partial charge in [0.2, 0.25) is 11.8 Å². The second-order valence-electron chi connectivity index (χ2n) is 33.8. The average Bonchev–Trinajstić information content (AvgIpc) is 0.796. The molecule has 0 unspecified atom stereocenters. The van der Waals surface area contributed by atoms with Gasteiger partial charge in [-0.25, -0.2) is 43.2 Å². The van der Waals surface area contributed by atoms with Crippen LogP contribution in [-0.4, -0.2) is 219 Å². The van der Waals surface area contributed by atoms with Crippen molar-refractivity contribution in [3.8, 4) is 33.4 Å². The van der Waals surface area contributed by atoms with Crippen LogP contribution in [0, 0.1) is 17.5 Å². The van der Waals surface area contributed by atoms with Gasteiger partial charge in [-0.05, 0) is 182 Å². The van der Waals surface area contributed by atoms with Gasteiger partial charge >= 0.3 is 5.97 Å². The van der Waals surface area contributed by atoms with E-state index in [1.807, 2.05) is 135 Å². The Morgan fingerprint density at radius 3 is 0.901 bits per heavy atom. The highest BCUT2D eigenvalue weighted by molar-refractivity contribution is 7.92. The van der Waals surface area contributed by atoms with Crippen molar-refractivity contribution in [1.82, 2.24) is 31.1 Å². The molecule has 3 atom stereocenters. The van der Waals surface area contributed by atoms with Crippen LogP contribution < -0.4 is 42.0 Å². The summed E-state index contributed by atoms with van der Waals surface area (Å²) < 4.78 is 119. The number of aliphatic hydroxyl groups excluding tert-OH is 1. The molecule has 4 fully saturated rings. The summed E-state index contributed by atoms with van der Waals surface area (Å²) in [5, 5.41) is 32.8. The van der Waals surface area contributed by atoms with E-state index in [-0.39, 0.29) is 92.0 Å². The molecule has 10 aromatic carbocycles. The standard InChI is InChI=1S/C37H41FN2O5SSi.C33H34FNO4Si.C21H23FN2O5S.C4H9NO2S.C4H8O.CH4/c1-37(2,47(45,32-10-5-3-6-11-32)33-12-7-4-8-13-33)23-9-14-34(36(42)40-24-26-46(43,44)27-25-40)39-35(41)30-17-15-28(16-18-30)29-19-21-31(38)22-20-29;1-33(2,40(39,28-10-5-3-6-11-28)29-12-7-4-8-13-29)23-9-14-30(32(37)38)35-31(36)26-17-15-24(16-18-26)25-19-21-27(34)22-20-25;22-18-7-5-16(6-8-18)15-1-3-17(4-2-15)20(26)23-19(9-12-25)21(27)24-10-13-30(28,29)14-11-24;6-8(7)3-1-5-2-4-8;1-2-4-5-3-1;/h3-8,10-13,15-22,34,45H,9,14,23-27H2,1-2H3,(H,39,41);3-8,10-13,15-22,30,39H,9,14,23H2,1-2H3,(H,35,36)(H,37,38);1-8,19,25H,9-14H2,(H,23,26);5H,1-4H2;1-4H2;1H4/t34-;30-;19-;;;/m000.../s1/i;;;;;1D. The van der Waals surface area contributed by atoms with E-state index in [1.54, 1.807) is 109 Å². The Bertz CT molecular complexity index is 5610. The second kappa shape index (κ2) is 48.3. The third kappa shape index (κ3) is 29.4. The lowest BCUT2D eigenvalue weighted by Crippen LogP contribution is -2.65. The fourth-order valence-corrected chi connectivity index (χ4v) is 27.1. The molecule has 5 amide bonds. The number of nitrogens with zero attached hydrogens (tertiary/aromatic N) is 2. The lowest BCUT2D eigenvalue weighted by molar-refractivity contribution is -0.139. The van der Waals surface area contributed by atoms with Gasteiger partial charge in [-0.2, -0.15) is 0 Å². The zero-order chi connectivity index (χ0) is 95.7. The number of nitrogens with one attached hydrogen (secondary N) is 4. The molecule has 31 heteroatoms. The number of ether oxygens (including phenoxy) is 1. The van der Waals surface area contributed by atoms with Gasteiger partial charge in [0.15, 0.2) is 29.5 Å². The molecule has 23 nitrogen and oxygen atoms in total. The molecule has 4 aliphatic heterocycles. The van der Waals surface area contributed by atoms with Crippen LogP contribution in [0.15, 0.2) is 267 Å². The molecule has 0 radical (unpaired) electrons. The molecular weight excluding hydrogens is 1770 g/mol. The number of hydrogen-bond donors (Lipinski definition) is 8. The van der Waals surface area contributed by atoms with Gasteiger partial charge in [0.05, 0.1) is 34.5 Å². The summed E-state index contributed by atoms with van der Waals surface area (Å²) in [7, 11) is -14.2. The fraction of sp³-hybridized carbons (Fsp3) is 0.340. The van der Waals surface area contributed by atoms with E-state index >= 15 is 0 Å². The largest absolute Gasteiger partial charge is 0.480 e. The van der Waals surface area contributed by atoms with Gasteiger partial charge in [-0.3, -0.25) is 24.0 Å². The van der Waals surface area contributed by atoms with Crippen LogP contribution >= 0.6 is 0 Å². The van der Waals surface area contributed by atoms with Gasteiger partial charge in [0.25, 0.3) is 34.4 Å². The third-order valence-electron chi connectivity index (χ3n) is 23.8. The maximum atomic E-state index is 13.8.